The summed E-state index contributed by atoms with van der Waals surface area (Å²) in [5.41, 5.74) is 6.88. The SMILES string of the molecule is c1ccc(-n2cc(Cn3nc(-c4cccnc4)c4c3CCNC4)cn2)cc1. The molecule has 3 aromatic heterocycles. The Hall–Kier alpha value is -3.25. The number of para-hydroxylation sites is 1. The molecule has 0 amide bonds. The zero-order chi connectivity index (χ0) is 18.1. The lowest BCUT2D eigenvalue weighted by Gasteiger charge is -2.15. The van der Waals surface area contributed by atoms with Crippen LogP contribution in [0.25, 0.3) is 16.9 Å². The Morgan fingerprint density at radius 2 is 1.96 bits per heavy atom. The van der Waals surface area contributed by atoms with Gasteiger partial charge in [-0.05, 0) is 24.3 Å². The van der Waals surface area contributed by atoms with Crippen LogP contribution >= 0.6 is 0 Å². The number of benzene rings is 1. The van der Waals surface area contributed by atoms with Crippen molar-refractivity contribution >= 4 is 0 Å². The van der Waals surface area contributed by atoms with Crippen LogP contribution < -0.4 is 5.32 Å². The van der Waals surface area contributed by atoms with Crippen LogP contribution in [0.15, 0.2) is 67.3 Å². The first-order valence-corrected chi connectivity index (χ1v) is 9.17. The molecule has 27 heavy (non-hydrogen) atoms. The van der Waals surface area contributed by atoms with Crippen molar-refractivity contribution < 1.29 is 0 Å². The molecule has 0 bridgehead atoms. The second kappa shape index (κ2) is 6.81. The Morgan fingerprint density at radius 3 is 2.81 bits per heavy atom. The second-order valence-corrected chi connectivity index (χ2v) is 6.73. The van der Waals surface area contributed by atoms with Gasteiger partial charge in [0.1, 0.15) is 0 Å². The highest BCUT2D eigenvalue weighted by molar-refractivity contribution is 5.63. The summed E-state index contributed by atoms with van der Waals surface area (Å²) < 4.78 is 4.04. The molecule has 6 nitrogen and oxygen atoms in total. The van der Waals surface area contributed by atoms with Crippen LogP contribution in [-0.4, -0.2) is 31.1 Å². The molecular weight excluding hydrogens is 336 g/mol. The lowest BCUT2D eigenvalue weighted by atomic mass is 10.0. The summed E-state index contributed by atoms with van der Waals surface area (Å²) in [6.45, 7) is 2.55. The molecule has 0 unspecified atom stereocenters. The third kappa shape index (κ3) is 3.04. The van der Waals surface area contributed by atoms with E-state index in [-0.39, 0.29) is 0 Å². The van der Waals surface area contributed by atoms with Crippen LogP contribution in [0.5, 0.6) is 0 Å². The minimum atomic E-state index is 0.718. The van der Waals surface area contributed by atoms with Crippen LogP contribution in [-0.2, 0) is 19.5 Å². The van der Waals surface area contributed by atoms with Gasteiger partial charge in [-0.3, -0.25) is 9.67 Å². The Labute approximate surface area is 157 Å². The predicted octanol–water partition coefficient (Wildman–Crippen LogP) is 2.82. The topological polar surface area (TPSA) is 60.6 Å². The summed E-state index contributed by atoms with van der Waals surface area (Å²) >= 11 is 0. The van der Waals surface area contributed by atoms with Gasteiger partial charge in [0.15, 0.2) is 0 Å². The summed E-state index contributed by atoms with van der Waals surface area (Å²) in [6.07, 6.45) is 8.66. The number of hydrogen-bond donors (Lipinski definition) is 1. The fourth-order valence-corrected chi connectivity index (χ4v) is 3.62. The molecule has 0 fully saturated rings. The highest BCUT2D eigenvalue weighted by Gasteiger charge is 2.22. The molecule has 0 saturated heterocycles. The largest absolute Gasteiger partial charge is 0.312 e. The van der Waals surface area contributed by atoms with Gasteiger partial charge in [0.2, 0.25) is 0 Å². The highest BCUT2D eigenvalue weighted by Crippen LogP contribution is 2.27. The van der Waals surface area contributed by atoms with Crippen LogP contribution in [0.3, 0.4) is 0 Å². The zero-order valence-electron chi connectivity index (χ0n) is 14.9. The van der Waals surface area contributed by atoms with E-state index in [1.54, 1.807) is 6.20 Å². The molecule has 0 spiro atoms. The standard InChI is InChI=1S/C21H20N6/c1-2-6-18(7-3-1)26-14-16(11-24-26)15-27-20-8-10-23-13-19(20)21(25-27)17-5-4-9-22-12-17/h1-7,9,11-12,14,23H,8,10,13,15H2. The first-order chi connectivity index (χ1) is 13.4. The average Bonchev–Trinajstić information content (AvgIpc) is 3.35. The van der Waals surface area contributed by atoms with Crippen molar-refractivity contribution in [2.24, 2.45) is 0 Å². The van der Waals surface area contributed by atoms with E-state index in [2.05, 4.69) is 44.5 Å². The van der Waals surface area contributed by atoms with Crippen LogP contribution in [0.1, 0.15) is 16.8 Å². The molecule has 1 aromatic carbocycles. The normalized spacial score (nSPS) is 13.5. The van der Waals surface area contributed by atoms with Crippen LogP contribution in [0.2, 0.25) is 0 Å². The molecule has 4 aromatic rings. The molecular formula is C21H20N6. The first kappa shape index (κ1) is 16.0. The Kier molecular flexibility index (Phi) is 4.03. The maximum Gasteiger partial charge on any atom is 0.0986 e. The lowest BCUT2D eigenvalue weighted by Crippen LogP contribution is -2.25. The van der Waals surface area contributed by atoms with Gasteiger partial charge >= 0.3 is 0 Å². The van der Waals surface area contributed by atoms with E-state index in [0.29, 0.717) is 0 Å². The molecule has 0 saturated carbocycles. The molecule has 1 aliphatic rings. The minimum Gasteiger partial charge on any atom is -0.312 e. The number of hydrogen-bond acceptors (Lipinski definition) is 4. The van der Waals surface area contributed by atoms with Gasteiger partial charge in [-0.1, -0.05) is 18.2 Å². The smallest absolute Gasteiger partial charge is 0.0986 e. The van der Waals surface area contributed by atoms with E-state index in [1.165, 1.54) is 11.3 Å². The van der Waals surface area contributed by atoms with Crippen molar-refractivity contribution in [2.45, 2.75) is 19.5 Å². The molecule has 134 valence electrons. The summed E-state index contributed by atoms with van der Waals surface area (Å²) in [5.74, 6) is 0. The molecule has 0 atom stereocenters. The Bertz CT molecular complexity index is 1050. The van der Waals surface area contributed by atoms with Crippen molar-refractivity contribution in [3.63, 3.8) is 0 Å². The first-order valence-electron chi connectivity index (χ1n) is 9.17. The third-order valence-electron chi connectivity index (χ3n) is 4.93. The van der Waals surface area contributed by atoms with Crippen molar-refractivity contribution in [3.8, 4) is 16.9 Å². The predicted molar refractivity (Wildman–Crippen MR) is 104 cm³/mol. The lowest BCUT2D eigenvalue weighted by molar-refractivity contribution is 0.582. The van der Waals surface area contributed by atoms with Crippen LogP contribution in [0.4, 0.5) is 0 Å². The van der Waals surface area contributed by atoms with Crippen LogP contribution in [0, 0.1) is 0 Å². The molecule has 1 N–H and O–H groups in total. The van der Waals surface area contributed by atoms with E-state index < -0.39 is 0 Å². The van der Waals surface area contributed by atoms with Crippen molar-refractivity contribution in [2.75, 3.05) is 6.54 Å². The molecule has 1 aliphatic heterocycles. The van der Waals surface area contributed by atoms with E-state index in [1.807, 2.05) is 41.3 Å². The van der Waals surface area contributed by atoms with Gasteiger partial charge in [0.25, 0.3) is 0 Å². The minimum absolute atomic E-state index is 0.718. The second-order valence-electron chi connectivity index (χ2n) is 6.73. The van der Waals surface area contributed by atoms with E-state index in [0.717, 1.165) is 48.6 Å². The summed E-state index contributed by atoms with van der Waals surface area (Å²) in [7, 11) is 0. The van der Waals surface area contributed by atoms with E-state index in [9.17, 15) is 0 Å². The van der Waals surface area contributed by atoms with Gasteiger partial charge in [0.05, 0.1) is 24.1 Å². The van der Waals surface area contributed by atoms with Gasteiger partial charge in [0, 0.05) is 60.5 Å². The molecule has 5 rings (SSSR count). The number of aromatic nitrogens is 5. The van der Waals surface area contributed by atoms with Crippen molar-refractivity contribution in [3.05, 3.63) is 84.1 Å². The summed E-state index contributed by atoms with van der Waals surface area (Å²) in [5, 5.41) is 12.9. The molecule has 4 heterocycles. The number of nitrogens with zero attached hydrogens (tertiary/aromatic N) is 5. The van der Waals surface area contributed by atoms with Gasteiger partial charge in [-0.15, -0.1) is 0 Å². The summed E-state index contributed by atoms with van der Waals surface area (Å²) in [4.78, 5) is 4.26. The zero-order valence-corrected chi connectivity index (χ0v) is 14.9. The van der Waals surface area contributed by atoms with Gasteiger partial charge in [-0.2, -0.15) is 10.2 Å². The highest BCUT2D eigenvalue weighted by atomic mass is 15.3. The quantitative estimate of drug-likeness (QED) is 0.611. The fourth-order valence-electron chi connectivity index (χ4n) is 3.62. The van der Waals surface area contributed by atoms with E-state index in [4.69, 9.17) is 5.10 Å². The maximum atomic E-state index is 4.94. The van der Waals surface area contributed by atoms with Crippen molar-refractivity contribution in [1.29, 1.82) is 0 Å². The van der Waals surface area contributed by atoms with Crippen molar-refractivity contribution in [1.82, 2.24) is 29.9 Å². The van der Waals surface area contributed by atoms with E-state index >= 15 is 0 Å². The van der Waals surface area contributed by atoms with Gasteiger partial charge in [-0.25, -0.2) is 4.68 Å². The molecule has 6 heteroatoms. The van der Waals surface area contributed by atoms with Gasteiger partial charge < -0.3 is 5.32 Å². The fraction of sp³-hybridized carbons (Fsp3) is 0.190. The average molecular weight is 356 g/mol. The number of pyridine rings is 1. The number of rotatable bonds is 4. The maximum absolute atomic E-state index is 4.94. The Morgan fingerprint density at radius 1 is 1.04 bits per heavy atom. The Balaban J connectivity index is 1.49. The number of fused-ring (bicyclic) bond motifs is 1. The molecule has 0 aliphatic carbocycles. The monoisotopic (exact) mass is 356 g/mol. The number of nitrogens with one attached hydrogen (secondary N) is 1. The molecule has 0 radical (unpaired) electrons. The third-order valence-corrected chi connectivity index (χ3v) is 4.93. The summed E-state index contributed by atoms with van der Waals surface area (Å²) in [6, 6.07) is 14.2.